The Labute approximate surface area is 333 Å². The van der Waals surface area contributed by atoms with Gasteiger partial charge in [0.25, 0.3) is 0 Å². The first-order chi connectivity index (χ1) is 27.7. The molecule has 0 atom stereocenters. The summed E-state index contributed by atoms with van der Waals surface area (Å²) in [6.07, 6.45) is 13.1. The van der Waals surface area contributed by atoms with Crippen molar-refractivity contribution in [3.05, 3.63) is 186 Å². The monoisotopic (exact) mass is 740 g/mol. The molecule has 0 saturated heterocycles. The van der Waals surface area contributed by atoms with E-state index in [9.17, 15) is 0 Å². The number of nitrogens with zero attached hydrogens (tertiary/aromatic N) is 2. The number of hydrogen-bond acceptors (Lipinski definition) is 1. The molecule has 0 fully saturated rings. The molecule has 0 aliphatic heterocycles. The molecule has 9 aromatic rings. The summed E-state index contributed by atoms with van der Waals surface area (Å²) >= 11 is 1.82. The molecular formula is C53H44N2S. The van der Waals surface area contributed by atoms with Crippen LogP contribution < -0.4 is 0 Å². The minimum Gasteiger partial charge on any atom is -0.309 e. The normalized spacial score (nSPS) is 12.3. The first-order valence-corrected chi connectivity index (χ1v) is 20.5. The highest BCUT2D eigenvalue weighted by Crippen LogP contribution is 2.40. The van der Waals surface area contributed by atoms with Gasteiger partial charge in [0, 0.05) is 37.0 Å². The van der Waals surface area contributed by atoms with Gasteiger partial charge >= 0.3 is 0 Å². The fourth-order valence-corrected chi connectivity index (χ4v) is 9.51. The van der Waals surface area contributed by atoms with Gasteiger partial charge in [0.2, 0.25) is 0 Å². The Kier molecular flexibility index (Phi) is 9.46. The third-order valence-corrected chi connectivity index (χ3v) is 12.0. The van der Waals surface area contributed by atoms with Gasteiger partial charge in [-0.1, -0.05) is 136 Å². The zero-order valence-corrected chi connectivity index (χ0v) is 33.0. The SMILES string of the molecule is C=Cc1c(/C=C\C)sc2ccc(-n3c(-c4ccccc4)cc4ccc(-c5ccc6c(c5)cc(-c5ccccc5)n6-c5cccc6c5C=CCC6)cc43)cc12.CC. The smallest absolute Gasteiger partial charge is 0.0541 e. The molecule has 0 amide bonds. The lowest BCUT2D eigenvalue weighted by atomic mass is 9.95. The second kappa shape index (κ2) is 15.0. The van der Waals surface area contributed by atoms with Crippen molar-refractivity contribution in [2.75, 3.05) is 0 Å². The summed E-state index contributed by atoms with van der Waals surface area (Å²) in [6.45, 7) is 10.3. The molecule has 3 heterocycles. The largest absolute Gasteiger partial charge is 0.309 e. The van der Waals surface area contributed by atoms with Gasteiger partial charge in [0.1, 0.15) is 0 Å². The molecule has 2 nitrogen and oxygen atoms in total. The maximum Gasteiger partial charge on any atom is 0.0541 e. The molecule has 6 aromatic carbocycles. The van der Waals surface area contributed by atoms with E-state index in [-0.39, 0.29) is 0 Å². The second-order valence-electron chi connectivity index (χ2n) is 14.1. The van der Waals surface area contributed by atoms with Crippen LogP contribution in [-0.2, 0) is 6.42 Å². The lowest BCUT2D eigenvalue weighted by Gasteiger charge is -2.19. The Morgan fingerprint density at radius 2 is 1.34 bits per heavy atom. The number of aromatic nitrogens is 2. The fraction of sp³-hybridized carbons (Fsp3) is 0.0943. The summed E-state index contributed by atoms with van der Waals surface area (Å²) in [5, 5.41) is 3.67. The lowest BCUT2D eigenvalue weighted by molar-refractivity contribution is 0.974. The Morgan fingerprint density at radius 1 is 0.625 bits per heavy atom. The predicted molar refractivity (Wildman–Crippen MR) is 245 cm³/mol. The highest BCUT2D eigenvalue weighted by atomic mass is 32.1. The molecule has 3 heteroatoms. The Morgan fingerprint density at radius 3 is 2.09 bits per heavy atom. The lowest BCUT2D eigenvalue weighted by Crippen LogP contribution is -2.04. The van der Waals surface area contributed by atoms with Crippen molar-refractivity contribution in [3.8, 4) is 45.0 Å². The number of rotatable bonds is 7. The molecule has 1 aliphatic rings. The summed E-state index contributed by atoms with van der Waals surface area (Å²) in [5.74, 6) is 0. The molecule has 0 N–H and O–H groups in total. The summed E-state index contributed by atoms with van der Waals surface area (Å²) in [7, 11) is 0. The molecule has 0 bridgehead atoms. The van der Waals surface area contributed by atoms with E-state index < -0.39 is 0 Å². The van der Waals surface area contributed by atoms with Crippen molar-refractivity contribution in [1.29, 1.82) is 0 Å². The van der Waals surface area contributed by atoms with Gasteiger partial charge < -0.3 is 9.13 Å². The Hall–Kier alpha value is -6.42. The van der Waals surface area contributed by atoms with Gasteiger partial charge in [-0.15, -0.1) is 11.3 Å². The summed E-state index contributed by atoms with van der Waals surface area (Å²) < 4.78 is 6.16. The third kappa shape index (κ3) is 6.05. The molecule has 10 rings (SSSR count). The van der Waals surface area contributed by atoms with Crippen LogP contribution in [0.4, 0.5) is 0 Å². The Balaban J connectivity index is 0.00000202. The summed E-state index contributed by atoms with van der Waals surface area (Å²) in [5.41, 5.74) is 15.8. The van der Waals surface area contributed by atoms with E-state index in [1.54, 1.807) is 0 Å². The molecule has 272 valence electrons. The van der Waals surface area contributed by atoms with E-state index in [1.807, 2.05) is 31.3 Å². The van der Waals surface area contributed by atoms with Crippen LogP contribution in [-0.4, -0.2) is 9.13 Å². The van der Waals surface area contributed by atoms with Crippen LogP contribution in [0.15, 0.2) is 164 Å². The van der Waals surface area contributed by atoms with Crippen LogP contribution in [0, 0.1) is 0 Å². The number of aryl methyl sites for hydroxylation is 1. The van der Waals surface area contributed by atoms with E-state index in [1.165, 1.54) is 92.8 Å². The van der Waals surface area contributed by atoms with Crippen molar-refractivity contribution in [3.63, 3.8) is 0 Å². The number of fused-ring (bicyclic) bond motifs is 4. The number of benzene rings is 6. The molecule has 0 saturated carbocycles. The van der Waals surface area contributed by atoms with E-state index in [0.29, 0.717) is 0 Å². The fourth-order valence-electron chi connectivity index (χ4n) is 8.35. The zero-order valence-electron chi connectivity index (χ0n) is 32.2. The van der Waals surface area contributed by atoms with Gasteiger partial charge in [0.05, 0.1) is 28.1 Å². The number of thiophene rings is 1. The molecule has 3 aromatic heterocycles. The van der Waals surface area contributed by atoms with Crippen molar-refractivity contribution < 1.29 is 0 Å². The van der Waals surface area contributed by atoms with Crippen molar-refractivity contribution in [2.24, 2.45) is 0 Å². The second-order valence-corrected chi connectivity index (χ2v) is 15.1. The molecular weight excluding hydrogens is 697 g/mol. The number of hydrogen-bond donors (Lipinski definition) is 0. The molecule has 1 aliphatic carbocycles. The zero-order chi connectivity index (χ0) is 38.2. The summed E-state index contributed by atoms with van der Waals surface area (Å²) in [4.78, 5) is 1.24. The molecule has 56 heavy (non-hydrogen) atoms. The highest BCUT2D eigenvalue weighted by Gasteiger charge is 2.19. The third-order valence-electron chi connectivity index (χ3n) is 10.9. The maximum absolute atomic E-state index is 4.19. The molecule has 0 unspecified atom stereocenters. The highest BCUT2D eigenvalue weighted by molar-refractivity contribution is 7.20. The van der Waals surface area contributed by atoms with Crippen molar-refractivity contribution in [1.82, 2.24) is 9.13 Å². The first-order valence-electron chi connectivity index (χ1n) is 19.7. The molecule has 0 radical (unpaired) electrons. The van der Waals surface area contributed by atoms with Crippen LogP contribution in [0.5, 0.6) is 0 Å². The standard InChI is InChI=1S/C51H38N2S.C2H6/c1-3-14-50-42(4-2)44-33-41(26-28-51(44)54-50)52-47(35-16-7-5-8-17-35)31-39-24-23-38(30-49(39)52)37-25-27-45-40(29-37)32-48(36-18-9-6-10-19-36)53(45)46-22-13-20-34-15-11-12-21-43(34)46;1-2/h3-10,12-14,16-33H,2,11,15H2,1H3;1-2H3/b14-3-;. The van der Waals surface area contributed by atoms with E-state index in [0.717, 1.165) is 18.5 Å². The van der Waals surface area contributed by atoms with Crippen LogP contribution in [0.1, 0.15) is 48.8 Å². The average molecular weight is 741 g/mol. The van der Waals surface area contributed by atoms with Gasteiger partial charge in [-0.25, -0.2) is 0 Å². The van der Waals surface area contributed by atoms with Crippen LogP contribution >= 0.6 is 11.3 Å². The van der Waals surface area contributed by atoms with Gasteiger partial charge in [-0.2, -0.15) is 0 Å². The van der Waals surface area contributed by atoms with Crippen molar-refractivity contribution >= 4 is 61.5 Å². The van der Waals surface area contributed by atoms with Crippen molar-refractivity contribution in [2.45, 2.75) is 33.6 Å². The topological polar surface area (TPSA) is 9.86 Å². The predicted octanol–water partition coefficient (Wildman–Crippen LogP) is 15.5. The van der Waals surface area contributed by atoms with E-state index in [4.69, 9.17) is 0 Å². The van der Waals surface area contributed by atoms with Gasteiger partial charge in [-0.05, 0) is 114 Å². The van der Waals surface area contributed by atoms with Crippen LogP contribution in [0.3, 0.4) is 0 Å². The average Bonchev–Trinajstić information content (AvgIpc) is 3.95. The van der Waals surface area contributed by atoms with E-state index in [2.05, 4.69) is 193 Å². The number of allylic oxidation sites excluding steroid dienone is 2. The molecule has 0 spiro atoms. The van der Waals surface area contributed by atoms with Gasteiger partial charge in [-0.3, -0.25) is 0 Å². The van der Waals surface area contributed by atoms with Gasteiger partial charge in [0.15, 0.2) is 0 Å². The minimum absolute atomic E-state index is 1.08. The Bertz CT molecular complexity index is 2950. The van der Waals surface area contributed by atoms with Crippen LogP contribution in [0.2, 0.25) is 0 Å². The maximum atomic E-state index is 4.19. The van der Waals surface area contributed by atoms with Crippen LogP contribution in [0.25, 0.3) is 95.1 Å². The minimum atomic E-state index is 1.08. The van der Waals surface area contributed by atoms with E-state index >= 15 is 0 Å². The first kappa shape index (κ1) is 35.3. The summed E-state index contributed by atoms with van der Waals surface area (Å²) in [6, 6.07) is 53.8. The quantitative estimate of drug-likeness (QED) is 0.154.